The molecule has 0 fully saturated rings. The molecule has 6 heteroatoms. The summed E-state index contributed by atoms with van der Waals surface area (Å²) in [6.07, 6.45) is 3.72. The summed E-state index contributed by atoms with van der Waals surface area (Å²) < 4.78 is 2.08. The SMILES string of the molecule is CC(=O)Nc1ccccc1-c1ccc(C(=O)N2Cc3nccn3Cc3ccccc32)cc1. The molecule has 6 nitrogen and oxygen atoms in total. The van der Waals surface area contributed by atoms with Gasteiger partial charge in [-0.2, -0.15) is 0 Å². The average molecular weight is 422 g/mol. The van der Waals surface area contributed by atoms with Crippen molar-refractivity contribution >= 4 is 23.2 Å². The summed E-state index contributed by atoms with van der Waals surface area (Å²) in [7, 11) is 0. The molecule has 158 valence electrons. The van der Waals surface area contributed by atoms with Crippen LogP contribution >= 0.6 is 0 Å². The van der Waals surface area contributed by atoms with E-state index in [1.807, 2.05) is 79.0 Å². The number of carbonyl (C=O) groups is 2. The molecule has 0 radical (unpaired) electrons. The van der Waals surface area contributed by atoms with Crippen molar-refractivity contribution in [2.24, 2.45) is 0 Å². The van der Waals surface area contributed by atoms with E-state index in [0.29, 0.717) is 18.7 Å². The fraction of sp³-hybridized carbons (Fsp3) is 0.115. The van der Waals surface area contributed by atoms with Crippen molar-refractivity contribution in [2.75, 3.05) is 10.2 Å². The fourth-order valence-corrected chi connectivity index (χ4v) is 4.12. The van der Waals surface area contributed by atoms with Crippen LogP contribution in [-0.2, 0) is 17.9 Å². The number of hydrogen-bond donors (Lipinski definition) is 1. The lowest BCUT2D eigenvalue weighted by atomic mass is 10.0. The van der Waals surface area contributed by atoms with Gasteiger partial charge in [-0.1, -0.05) is 48.5 Å². The molecule has 2 heterocycles. The Kier molecular flexibility index (Phi) is 5.03. The molecule has 0 saturated heterocycles. The fourth-order valence-electron chi connectivity index (χ4n) is 4.12. The molecule has 0 spiro atoms. The maximum atomic E-state index is 13.5. The van der Waals surface area contributed by atoms with E-state index in [1.165, 1.54) is 6.92 Å². The van der Waals surface area contributed by atoms with Crippen molar-refractivity contribution in [3.05, 3.63) is 102 Å². The minimum atomic E-state index is -0.123. The first kappa shape index (κ1) is 19.8. The van der Waals surface area contributed by atoms with E-state index in [9.17, 15) is 9.59 Å². The van der Waals surface area contributed by atoms with E-state index in [4.69, 9.17) is 0 Å². The van der Waals surface area contributed by atoms with Crippen LogP contribution < -0.4 is 10.2 Å². The van der Waals surface area contributed by atoms with Crippen LogP contribution in [0.1, 0.15) is 28.7 Å². The number of hydrogen-bond acceptors (Lipinski definition) is 3. The topological polar surface area (TPSA) is 67.2 Å². The summed E-state index contributed by atoms with van der Waals surface area (Å²) in [6.45, 7) is 2.59. The molecule has 0 bridgehead atoms. The number of nitrogens with zero attached hydrogens (tertiary/aromatic N) is 3. The molecule has 1 aliphatic heterocycles. The monoisotopic (exact) mass is 422 g/mol. The Morgan fingerprint density at radius 2 is 1.66 bits per heavy atom. The zero-order valence-electron chi connectivity index (χ0n) is 17.7. The molecule has 0 saturated carbocycles. The summed E-state index contributed by atoms with van der Waals surface area (Å²) >= 11 is 0. The Morgan fingerprint density at radius 3 is 2.47 bits per heavy atom. The van der Waals surface area contributed by atoms with Crippen LogP contribution in [0.5, 0.6) is 0 Å². The van der Waals surface area contributed by atoms with E-state index in [0.717, 1.165) is 33.9 Å². The predicted molar refractivity (Wildman–Crippen MR) is 124 cm³/mol. The highest BCUT2D eigenvalue weighted by atomic mass is 16.2. The molecular formula is C26H22N4O2. The third-order valence-electron chi connectivity index (χ3n) is 5.65. The van der Waals surface area contributed by atoms with E-state index >= 15 is 0 Å². The summed E-state index contributed by atoms with van der Waals surface area (Å²) in [5.41, 5.74) is 5.16. The molecule has 0 unspecified atom stereocenters. The van der Waals surface area contributed by atoms with Crippen LogP contribution in [-0.4, -0.2) is 21.4 Å². The molecule has 1 N–H and O–H groups in total. The zero-order valence-corrected chi connectivity index (χ0v) is 17.7. The number of rotatable bonds is 3. The first-order chi connectivity index (χ1) is 15.6. The van der Waals surface area contributed by atoms with Crippen molar-refractivity contribution < 1.29 is 9.59 Å². The van der Waals surface area contributed by atoms with Gasteiger partial charge in [-0.05, 0) is 35.4 Å². The smallest absolute Gasteiger partial charge is 0.258 e. The predicted octanol–water partition coefficient (Wildman–Crippen LogP) is 4.72. The van der Waals surface area contributed by atoms with Crippen LogP contribution in [0.2, 0.25) is 0 Å². The molecule has 1 aliphatic rings. The average Bonchev–Trinajstić information content (AvgIpc) is 3.18. The molecule has 2 amide bonds. The molecule has 0 aliphatic carbocycles. The van der Waals surface area contributed by atoms with Gasteiger partial charge in [0.1, 0.15) is 5.82 Å². The maximum absolute atomic E-state index is 13.5. The number of para-hydroxylation sites is 2. The second-order valence-corrected chi connectivity index (χ2v) is 7.80. The number of anilines is 2. The van der Waals surface area contributed by atoms with E-state index in [2.05, 4.69) is 14.9 Å². The maximum Gasteiger partial charge on any atom is 0.258 e. The highest BCUT2D eigenvalue weighted by Gasteiger charge is 2.25. The molecule has 32 heavy (non-hydrogen) atoms. The Hall–Kier alpha value is -4.19. The summed E-state index contributed by atoms with van der Waals surface area (Å²) in [5.74, 6) is 0.661. The number of aromatic nitrogens is 2. The molecule has 1 aromatic heterocycles. The van der Waals surface area contributed by atoms with E-state index in [1.54, 1.807) is 11.1 Å². The molecule has 3 aromatic carbocycles. The Morgan fingerprint density at radius 1 is 0.906 bits per heavy atom. The van der Waals surface area contributed by atoms with E-state index in [-0.39, 0.29) is 11.8 Å². The zero-order chi connectivity index (χ0) is 22.1. The first-order valence-corrected chi connectivity index (χ1v) is 10.5. The normalized spacial score (nSPS) is 12.5. The molecule has 5 rings (SSSR count). The van der Waals surface area contributed by atoms with Gasteiger partial charge in [-0.3, -0.25) is 9.59 Å². The lowest BCUT2D eigenvalue weighted by Crippen LogP contribution is -2.30. The van der Waals surface area contributed by atoms with Gasteiger partial charge < -0.3 is 14.8 Å². The number of carbonyl (C=O) groups excluding carboxylic acids is 2. The third kappa shape index (κ3) is 3.67. The van der Waals surface area contributed by atoms with Gasteiger partial charge in [0, 0.05) is 41.8 Å². The van der Waals surface area contributed by atoms with Gasteiger partial charge in [0.2, 0.25) is 5.91 Å². The number of amides is 2. The van der Waals surface area contributed by atoms with Gasteiger partial charge in [-0.25, -0.2) is 4.98 Å². The minimum absolute atomic E-state index is 0.0735. The number of benzene rings is 3. The molecule has 4 aromatic rings. The highest BCUT2D eigenvalue weighted by molar-refractivity contribution is 6.06. The van der Waals surface area contributed by atoms with E-state index < -0.39 is 0 Å². The quantitative estimate of drug-likeness (QED) is 0.520. The number of nitrogens with one attached hydrogen (secondary N) is 1. The minimum Gasteiger partial charge on any atom is -0.329 e. The van der Waals surface area contributed by atoms with Gasteiger partial charge in [0.05, 0.1) is 13.1 Å². The number of fused-ring (bicyclic) bond motifs is 2. The van der Waals surface area contributed by atoms with Crippen molar-refractivity contribution in [1.29, 1.82) is 0 Å². The van der Waals surface area contributed by atoms with Crippen LogP contribution in [0, 0.1) is 0 Å². The van der Waals surface area contributed by atoms with Gasteiger partial charge in [0.25, 0.3) is 5.91 Å². The van der Waals surface area contributed by atoms with Crippen molar-refractivity contribution in [2.45, 2.75) is 20.0 Å². The van der Waals surface area contributed by atoms with Gasteiger partial charge >= 0.3 is 0 Å². The van der Waals surface area contributed by atoms with Crippen molar-refractivity contribution in [3.8, 4) is 11.1 Å². The lowest BCUT2D eigenvalue weighted by Gasteiger charge is -2.22. The summed E-state index contributed by atoms with van der Waals surface area (Å²) in [6, 6.07) is 23.1. The first-order valence-electron chi connectivity index (χ1n) is 10.5. The summed E-state index contributed by atoms with van der Waals surface area (Å²) in [5, 5.41) is 2.86. The summed E-state index contributed by atoms with van der Waals surface area (Å²) in [4.78, 5) is 31.3. The Balaban J connectivity index is 1.48. The lowest BCUT2D eigenvalue weighted by molar-refractivity contribution is -0.114. The highest BCUT2D eigenvalue weighted by Crippen LogP contribution is 2.31. The largest absolute Gasteiger partial charge is 0.329 e. The van der Waals surface area contributed by atoms with Crippen molar-refractivity contribution in [1.82, 2.24) is 9.55 Å². The van der Waals surface area contributed by atoms with Crippen molar-refractivity contribution in [3.63, 3.8) is 0 Å². The van der Waals surface area contributed by atoms with Gasteiger partial charge in [0.15, 0.2) is 0 Å². The third-order valence-corrected chi connectivity index (χ3v) is 5.65. The molecular weight excluding hydrogens is 400 g/mol. The molecule has 0 atom stereocenters. The van der Waals surface area contributed by atoms with Gasteiger partial charge in [-0.15, -0.1) is 0 Å². The number of imidazole rings is 1. The van der Waals surface area contributed by atoms with Crippen LogP contribution in [0.3, 0.4) is 0 Å². The standard InChI is InChI=1S/C26H22N4O2/c1-18(31)28-23-8-4-3-7-22(23)19-10-12-20(13-11-19)26(32)30-17-25-27-14-15-29(25)16-21-6-2-5-9-24(21)30/h2-15H,16-17H2,1H3,(H,28,31). The second-order valence-electron chi connectivity index (χ2n) is 7.80. The Labute approximate surface area is 186 Å². The van der Waals surface area contributed by atoms with Crippen LogP contribution in [0.4, 0.5) is 11.4 Å². The Bertz CT molecular complexity index is 1310. The van der Waals surface area contributed by atoms with Crippen LogP contribution in [0.15, 0.2) is 85.2 Å². The second kappa shape index (κ2) is 8.15. The van der Waals surface area contributed by atoms with Crippen LogP contribution in [0.25, 0.3) is 11.1 Å².